The molecule has 0 radical (unpaired) electrons. The molecule has 0 atom stereocenters. The Bertz CT molecular complexity index is 635. The summed E-state index contributed by atoms with van der Waals surface area (Å²) in [7, 11) is 1.58. The number of nitrogens with one attached hydrogen (secondary N) is 1. The molecule has 2 aromatic rings. The average molecular weight is 309 g/mol. The number of carbonyl (C=O) groups excluding carboxylic acids is 1. The number of nitrogens with zero attached hydrogens (tertiary/aromatic N) is 1. The summed E-state index contributed by atoms with van der Waals surface area (Å²) >= 11 is 7.27. The minimum Gasteiger partial charge on any atom is -0.497 e. The van der Waals surface area contributed by atoms with Crippen LogP contribution in [0.3, 0.4) is 0 Å². The lowest BCUT2D eigenvalue weighted by atomic mass is 10.2. The van der Waals surface area contributed by atoms with Gasteiger partial charge in [0.25, 0.3) is 5.91 Å². The number of thiophene rings is 1. The van der Waals surface area contributed by atoms with Crippen molar-refractivity contribution in [1.29, 1.82) is 0 Å². The van der Waals surface area contributed by atoms with E-state index in [9.17, 15) is 4.79 Å². The molecule has 0 unspecified atom stereocenters. The molecular formula is C14H13ClN2O2S. The molecule has 0 saturated carbocycles. The zero-order valence-corrected chi connectivity index (χ0v) is 12.6. The van der Waals surface area contributed by atoms with Crippen LogP contribution in [0.1, 0.15) is 22.2 Å². The van der Waals surface area contributed by atoms with E-state index < -0.39 is 0 Å². The maximum atomic E-state index is 11.9. The predicted molar refractivity (Wildman–Crippen MR) is 82.0 cm³/mol. The van der Waals surface area contributed by atoms with Gasteiger partial charge in [-0.1, -0.05) is 11.6 Å². The highest BCUT2D eigenvalue weighted by Crippen LogP contribution is 2.21. The van der Waals surface area contributed by atoms with E-state index in [4.69, 9.17) is 16.3 Å². The van der Waals surface area contributed by atoms with Crippen LogP contribution < -0.4 is 10.2 Å². The second-order valence-corrected chi connectivity index (χ2v) is 5.69. The van der Waals surface area contributed by atoms with Crippen LogP contribution in [0, 0.1) is 0 Å². The van der Waals surface area contributed by atoms with Gasteiger partial charge in [-0.15, -0.1) is 11.3 Å². The van der Waals surface area contributed by atoms with Crippen molar-refractivity contribution < 1.29 is 9.53 Å². The van der Waals surface area contributed by atoms with Gasteiger partial charge >= 0.3 is 0 Å². The van der Waals surface area contributed by atoms with Crippen LogP contribution >= 0.6 is 22.9 Å². The van der Waals surface area contributed by atoms with E-state index in [0.717, 1.165) is 4.88 Å². The molecule has 0 aliphatic heterocycles. The van der Waals surface area contributed by atoms with Crippen LogP contribution in [0.4, 0.5) is 0 Å². The standard InChI is InChI=1S/C14H13ClN2O2S/c1-9(12-7-8-13(15)20-12)16-17-14(18)10-3-5-11(19-2)6-4-10/h3-8H,1-2H3,(H,17,18)/b16-9+. The number of hydrogen-bond acceptors (Lipinski definition) is 4. The van der Waals surface area contributed by atoms with Gasteiger partial charge in [-0.05, 0) is 43.3 Å². The lowest BCUT2D eigenvalue weighted by Gasteiger charge is -2.03. The van der Waals surface area contributed by atoms with Crippen molar-refractivity contribution in [3.05, 3.63) is 51.2 Å². The van der Waals surface area contributed by atoms with Gasteiger partial charge in [0.15, 0.2) is 0 Å². The SMILES string of the molecule is COc1ccc(C(=O)N/N=C(\C)c2ccc(Cl)s2)cc1. The molecule has 1 aromatic heterocycles. The number of carbonyl (C=O) groups is 1. The minimum atomic E-state index is -0.269. The number of ether oxygens (including phenoxy) is 1. The van der Waals surface area contributed by atoms with E-state index in [2.05, 4.69) is 10.5 Å². The van der Waals surface area contributed by atoms with Crippen molar-refractivity contribution in [3.8, 4) is 5.75 Å². The van der Waals surface area contributed by atoms with Crippen molar-refractivity contribution >= 4 is 34.6 Å². The molecule has 0 aliphatic carbocycles. The van der Waals surface area contributed by atoms with Crippen molar-refractivity contribution in [2.75, 3.05) is 7.11 Å². The summed E-state index contributed by atoms with van der Waals surface area (Å²) in [4.78, 5) is 12.8. The minimum absolute atomic E-state index is 0.269. The van der Waals surface area contributed by atoms with Gasteiger partial charge in [-0.2, -0.15) is 5.10 Å². The Morgan fingerprint density at radius 1 is 1.25 bits per heavy atom. The summed E-state index contributed by atoms with van der Waals surface area (Å²) in [5, 5.41) is 4.06. The molecule has 0 aliphatic rings. The maximum Gasteiger partial charge on any atom is 0.271 e. The largest absolute Gasteiger partial charge is 0.497 e. The first kappa shape index (κ1) is 14.6. The number of methoxy groups -OCH3 is 1. The summed E-state index contributed by atoms with van der Waals surface area (Å²) in [6.07, 6.45) is 0. The first-order valence-electron chi connectivity index (χ1n) is 5.84. The summed E-state index contributed by atoms with van der Waals surface area (Å²) in [5.74, 6) is 0.434. The molecule has 104 valence electrons. The fraction of sp³-hybridized carbons (Fsp3) is 0.143. The van der Waals surface area contributed by atoms with Gasteiger partial charge in [-0.3, -0.25) is 4.79 Å². The molecule has 0 bridgehead atoms. The van der Waals surface area contributed by atoms with Crippen molar-refractivity contribution in [3.63, 3.8) is 0 Å². The van der Waals surface area contributed by atoms with Crippen LogP contribution in [-0.2, 0) is 0 Å². The maximum absolute atomic E-state index is 11.9. The zero-order chi connectivity index (χ0) is 14.5. The van der Waals surface area contributed by atoms with Gasteiger partial charge in [0.1, 0.15) is 5.75 Å². The molecular weight excluding hydrogens is 296 g/mol. The van der Waals surface area contributed by atoms with E-state index in [1.54, 1.807) is 37.4 Å². The van der Waals surface area contributed by atoms with Crippen molar-refractivity contribution in [2.45, 2.75) is 6.92 Å². The van der Waals surface area contributed by atoms with Crippen molar-refractivity contribution in [2.24, 2.45) is 5.10 Å². The highest BCUT2D eigenvalue weighted by Gasteiger charge is 2.06. The first-order chi connectivity index (χ1) is 9.60. The van der Waals surface area contributed by atoms with Crippen LogP contribution in [0.25, 0.3) is 0 Å². The predicted octanol–water partition coefficient (Wildman–Crippen LogP) is 3.56. The second kappa shape index (κ2) is 6.54. The Hall–Kier alpha value is -1.85. The second-order valence-electron chi connectivity index (χ2n) is 3.97. The molecule has 0 saturated heterocycles. The Morgan fingerprint density at radius 3 is 2.50 bits per heavy atom. The van der Waals surface area contributed by atoms with Crippen LogP contribution in [0.15, 0.2) is 41.5 Å². The molecule has 1 amide bonds. The van der Waals surface area contributed by atoms with Crippen LogP contribution in [0.5, 0.6) is 5.75 Å². The third kappa shape index (κ3) is 3.59. The highest BCUT2D eigenvalue weighted by molar-refractivity contribution is 7.18. The quantitative estimate of drug-likeness (QED) is 0.693. The summed E-state index contributed by atoms with van der Waals surface area (Å²) in [5.41, 5.74) is 3.75. The molecule has 1 aromatic carbocycles. The number of rotatable bonds is 4. The smallest absolute Gasteiger partial charge is 0.271 e. The monoisotopic (exact) mass is 308 g/mol. The molecule has 4 nitrogen and oxygen atoms in total. The third-order valence-corrected chi connectivity index (χ3v) is 3.95. The third-order valence-electron chi connectivity index (χ3n) is 2.61. The van der Waals surface area contributed by atoms with Gasteiger partial charge < -0.3 is 4.74 Å². The van der Waals surface area contributed by atoms with Crippen LogP contribution in [-0.4, -0.2) is 18.7 Å². The molecule has 2 rings (SSSR count). The Morgan fingerprint density at radius 2 is 1.95 bits per heavy atom. The fourth-order valence-electron chi connectivity index (χ4n) is 1.51. The van der Waals surface area contributed by atoms with Crippen LogP contribution in [0.2, 0.25) is 4.34 Å². The van der Waals surface area contributed by atoms with E-state index in [-0.39, 0.29) is 5.91 Å². The lowest BCUT2D eigenvalue weighted by molar-refractivity contribution is 0.0955. The topological polar surface area (TPSA) is 50.7 Å². The molecule has 1 N–H and O–H groups in total. The number of amides is 1. The van der Waals surface area contributed by atoms with E-state index in [0.29, 0.717) is 21.4 Å². The number of benzene rings is 1. The van der Waals surface area contributed by atoms with E-state index in [1.165, 1.54) is 11.3 Å². The Labute approximate surface area is 126 Å². The van der Waals surface area contributed by atoms with Crippen molar-refractivity contribution in [1.82, 2.24) is 5.43 Å². The Balaban J connectivity index is 2.03. The normalized spacial score (nSPS) is 11.2. The number of halogens is 1. The molecule has 0 fully saturated rings. The first-order valence-corrected chi connectivity index (χ1v) is 7.04. The van der Waals surface area contributed by atoms with Gasteiger partial charge in [0.2, 0.25) is 0 Å². The van der Waals surface area contributed by atoms with Gasteiger partial charge in [0, 0.05) is 5.56 Å². The number of hydrazone groups is 1. The Kier molecular flexibility index (Phi) is 4.76. The summed E-state index contributed by atoms with van der Waals surface area (Å²) < 4.78 is 5.73. The highest BCUT2D eigenvalue weighted by atomic mass is 35.5. The summed E-state index contributed by atoms with van der Waals surface area (Å²) in [6.45, 7) is 1.82. The molecule has 0 spiro atoms. The average Bonchev–Trinajstić information content (AvgIpc) is 2.91. The molecule has 20 heavy (non-hydrogen) atoms. The van der Waals surface area contributed by atoms with E-state index >= 15 is 0 Å². The van der Waals surface area contributed by atoms with Gasteiger partial charge in [0.05, 0.1) is 22.0 Å². The number of hydrogen-bond donors (Lipinski definition) is 1. The fourth-order valence-corrected chi connectivity index (χ4v) is 2.49. The zero-order valence-electron chi connectivity index (χ0n) is 11.0. The summed E-state index contributed by atoms with van der Waals surface area (Å²) in [6, 6.07) is 10.5. The van der Waals surface area contributed by atoms with E-state index in [1.807, 2.05) is 13.0 Å². The molecule has 6 heteroatoms. The molecule has 1 heterocycles. The lowest BCUT2D eigenvalue weighted by Crippen LogP contribution is -2.19. The van der Waals surface area contributed by atoms with Gasteiger partial charge in [-0.25, -0.2) is 5.43 Å².